The van der Waals surface area contributed by atoms with Crippen molar-refractivity contribution >= 4 is 29.1 Å². The maximum absolute atomic E-state index is 11.8. The summed E-state index contributed by atoms with van der Waals surface area (Å²) in [5.41, 5.74) is 0. The smallest absolute Gasteiger partial charge is 0.258 e. The van der Waals surface area contributed by atoms with Crippen LogP contribution in [0.1, 0.15) is 12.8 Å². The molecule has 1 saturated carbocycles. The van der Waals surface area contributed by atoms with Crippen LogP contribution in [-0.2, 0) is 9.53 Å². The van der Waals surface area contributed by atoms with Gasteiger partial charge in [0.05, 0.1) is 16.1 Å². The van der Waals surface area contributed by atoms with Crippen LogP contribution in [0.5, 0.6) is 5.75 Å². The highest BCUT2D eigenvalue weighted by Crippen LogP contribution is 2.38. The number of hydrogen-bond donors (Lipinski definition) is 1. The van der Waals surface area contributed by atoms with E-state index in [0.717, 1.165) is 19.4 Å². The highest BCUT2D eigenvalue weighted by molar-refractivity contribution is 6.42. The lowest BCUT2D eigenvalue weighted by molar-refractivity contribution is -0.126. The summed E-state index contributed by atoms with van der Waals surface area (Å²) in [6, 6.07) is 5.16. The molecule has 1 aromatic carbocycles. The molecule has 0 spiro atoms. The highest BCUT2D eigenvalue weighted by Gasteiger charge is 2.45. The molecule has 0 radical (unpaired) electrons. The van der Waals surface area contributed by atoms with Crippen molar-refractivity contribution in [3.05, 3.63) is 28.2 Å². The molecule has 1 saturated heterocycles. The van der Waals surface area contributed by atoms with Crippen LogP contribution < -0.4 is 10.1 Å². The molecular formula is C14H15Cl2NO3. The number of benzene rings is 1. The second-order valence-electron chi connectivity index (χ2n) is 5.14. The van der Waals surface area contributed by atoms with Gasteiger partial charge >= 0.3 is 0 Å². The molecule has 0 bridgehead atoms. The lowest BCUT2D eigenvalue weighted by Gasteiger charge is -2.39. The van der Waals surface area contributed by atoms with E-state index in [2.05, 4.69) is 5.32 Å². The third kappa shape index (κ3) is 2.87. The van der Waals surface area contributed by atoms with Gasteiger partial charge in [-0.05, 0) is 25.0 Å². The Morgan fingerprint density at radius 1 is 1.40 bits per heavy atom. The zero-order chi connectivity index (χ0) is 14.1. The van der Waals surface area contributed by atoms with Crippen molar-refractivity contribution in [1.29, 1.82) is 0 Å². The quantitative estimate of drug-likeness (QED) is 0.929. The van der Waals surface area contributed by atoms with E-state index in [1.54, 1.807) is 18.2 Å². The molecule has 4 nitrogen and oxygen atoms in total. The first-order chi connectivity index (χ1) is 9.63. The first-order valence-corrected chi connectivity index (χ1v) is 7.38. The molecule has 20 heavy (non-hydrogen) atoms. The predicted octanol–water partition coefficient (Wildman–Crippen LogP) is 2.67. The van der Waals surface area contributed by atoms with Gasteiger partial charge in [0.15, 0.2) is 6.61 Å². The summed E-state index contributed by atoms with van der Waals surface area (Å²) in [5, 5.41) is 3.86. The summed E-state index contributed by atoms with van der Waals surface area (Å²) in [4.78, 5) is 11.8. The number of halogens is 2. The van der Waals surface area contributed by atoms with Gasteiger partial charge in [-0.25, -0.2) is 0 Å². The van der Waals surface area contributed by atoms with Gasteiger partial charge in [0.25, 0.3) is 5.91 Å². The monoisotopic (exact) mass is 315 g/mol. The van der Waals surface area contributed by atoms with Crippen molar-refractivity contribution in [2.75, 3.05) is 13.2 Å². The Morgan fingerprint density at radius 2 is 2.25 bits per heavy atom. The van der Waals surface area contributed by atoms with Crippen LogP contribution in [0.4, 0.5) is 0 Å². The zero-order valence-electron chi connectivity index (χ0n) is 10.8. The molecule has 108 valence electrons. The highest BCUT2D eigenvalue weighted by atomic mass is 35.5. The van der Waals surface area contributed by atoms with Crippen LogP contribution in [0, 0.1) is 5.92 Å². The van der Waals surface area contributed by atoms with Gasteiger partial charge in [-0.3, -0.25) is 4.79 Å². The molecule has 3 atom stereocenters. The Hall–Kier alpha value is -0.970. The molecule has 2 fully saturated rings. The molecule has 0 aromatic heterocycles. The lowest BCUT2D eigenvalue weighted by Crippen LogP contribution is -2.54. The number of amides is 1. The molecule has 1 aromatic rings. The maximum Gasteiger partial charge on any atom is 0.258 e. The minimum Gasteiger partial charge on any atom is -0.484 e. The number of fused-ring (bicyclic) bond motifs is 1. The summed E-state index contributed by atoms with van der Waals surface area (Å²) in [7, 11) is 0. The number of hydrogen-bond acceptors (Lipinski definition) is 3. The summed E-state index contributed by atoms with van der Waals surface area (Å²) in [5.74, 6) is 0.889. The fourth-order valence-corrected chi connectivity index (χ4v) is 3.02. The van der Waals surface area contributed by atoms with Crippen molar-refractivity contribution in [3.63, 3.8) is 0 Å². The summed E-state index contributed by atoms with van der Waals surface area (Å²) < 4.78 is 10.9. The fourth-order valence-electron chi connectivity index (χ4n) is 2.73. The summed E-state index contributed by atoms with van der Waals surface area (Å²) >= 11 is 11.7. The average Bonchev–Trinajstić information content (AvgIpc) is 2.79. The first-order valence-electron chi connectivity index (χ1n) is 6.62. The van der Waals surface area contributed by atoms with Crippen molar-refractivity contribution in [2.45, 2.75) is 25.0 Å². The Morgan fingerprint density at radius 3 is 3.00 bits per heavy atom. The van der Waals surface area contributed by atoms with Crippen molar-refractivity contribution < 1.29 is 14.3 Å². The Kier molecular flexibility index (Phi) is 4.06. The van der Waals surface area contributed by atoms with E-state index < -0.39 is 0 Å². The predicted molar refractivity (Wildman–Crippen MR) is 76.4 cm³/mol. The minimum absolute atomic E-state index is 0.0211. The van der Waals surface area contributed by atoms with E-state index in [-0.39, 0.29) is 18.6 Å². The van der Waals surface area contributed by atoms with E-state index in [0.29, 0.717) is 27.8 Å². The first kappa shape index (κ1) is 14.0. The Bertz CT molecular complexity index is 523. The van der Waals surface area contributed by atoms with E-state index in [4.69, 9.17) is 32.7 Å². The van der Waals surface area contributed by atoms with Gasteiger partial charge in [-0.15, -0.1) is 0 Å². The molecule has 0 unspecified atom stereocenters. The minimum atomic E-state index is -0.119. The van der Waals surface area contributed by atoms with Gasteiger partial charge in [0, 0.05) is 24.6 Å². The molecule has 1 aliphatic carbocycles. The standard InChI is InChI=1S/C14H15Cl2NO3/c15-10-2-1-8(5-11(10)16)20-7-14(18)17-12-6-13-9(12)3-4-19-13/h1-2,5,9,12-13H,3-4,6-7H2,(H,17,18)/t9-,12-,13+/m1/s1. The molecule has 3 rings (SSSR count). The SMILES string of the molecule is O=C(COc1ccc(Cl)c(Cl)c1)N[C@@H]1C[C@@H]2OCC[C@@H]21. The van der Waals surface area contributed by atoms with Crippen LogP contribution >= 0.6 is 23.2 Å². The summed E-state index contributed by atoms with van der Waals surface area (Å²) in [6.45, 7) is 0.786. The van der Waals surface area contributed by atoms with Crippen LogP contribution in [-0.4, -0.2) is 31.3 Å². The zero-order valence-corrected chi connectivity index (χ0v) is 12.3. The van der Waals surface area contributed by atoms with E-state index in [1.807, 2.05) is 0 Å². The second kappa shape index (κ2) is 5.80. The third-order valence-electron chi connectivity index (χ3n) is 3.87. The number of nitrogens with one attached hydrogen (secondary N) is 1. The van der Waals surface area contributed by atoms with Crippen LogP contribution in [0.3, 0.4) is 0 Å². The number of carbonyl (C=O) groups excluding carboxylic acids is 1. The second-order valence-corrected chi connectivity index (χ2v) is 5.95. The Balaban J connectivity index is 1.46. The molecule has 1 heterocycles. The largest absolute Gasteiger partial charge is 0.484 e. The maximum atomic E-state index is 11.8. The topological polar surface area (TPSA) is 47.6 Å². The number of carbonyl (C=O) groups is 1. The normalized spacial score (nSPS) is 27.6. The average molecular weight is 316 g/mol. The van der Waals surface area contributed by atoms with Gasteiger partial charge in [-0.1, -0.05) is 23.2 Å². The fraction of sp³-hybridized carbons (Fsp3) is 0.500. The Labute approximate surface area is 127 Å². The summed E-state index contributed by atoms with van der Waals surface area (Å²) in [6.07, 6.45) is 2.28. The van der Waals surface area contributed by atoms with Crippen molar-refractivity contribution in [2.24, 2.45) is 5.92 Å². The van der Waals surface area contributed by atoms with Gasteiger partial charge in [-0.2, -0.15) is 0 Å². The van der Waals surface area contributed by atoms with E-state index in [1.165, 1.54) is 0 Å². The molecular weight excluding hydrogens is 301 g/mol. The van der Waals surface area contributed by atoms with Gasteiger partial charge in [0.1, 0.15) is 5.75 Å². The van der Waals surface area contributed by atoms with Crippen molar-refractivity contribution in [1.82, 2.24) is 5.32 Å². The van der Waals surface area contributed by atoms with E-state index >= 15 is 0 Å². The lowest BCUT2D eigenvalue weighted by atomic mass is 9.76. The molecule has 1 amide bonds. The number of rotatable bonds is 4. The van der Waals surface area contributed by atoms with Crippen LogP contribution in [0.25, 0.3) is 0 Å². The van der Waals surface area contributed by atoms with E-state index in [9.17, 15) is 4.79 Å². The van der Waals surface area contributed by atoms with Crippen molar-refractivity contribution in [3.8, 4) is 5.75 Å². The molecule has 6 heteroatoms. The molecule has 1 aliphatic heterocycles. The third-order valence-corrected chi connectivity index (χ3v) is 4.61. The number of ether oxygens (including phenoxy) is 2. The molecule has 2 aliphatic rings. The van der Waals surface area contributed by atoms with Gasteiger partial charge in [0.2, 0.25) is 0 Å². The van der Waals surface area contributed by atoms with Gasteiger partial charge < -0.3 is 14.8 Å². The van der Waals surface area contributed by atoms with Crippen LogP contribution in [0.15, 0.2) is 18.2 Å². The molecule has 1 N–H and O–H groups in total. The van der Waals surface area contributed by atoms with Crippen LogP contribution in [0.2, 0.25) is 10.0 Å².